The molecule has 0 saturated carbocycles. The van der Waals surface area contributed by atoms with Crippen molar-refractivity contribution >= 4 is 22.8 Å². The fourth-order valence-corrected chi connectivity index (χ4v) is 3.20. The van der Waals surface area contributed by atoms with Crippen LogP contribution in [-0.4, -0.2) is 46.4 Å². The number of ether oxygens (including phenoxy) is 1. The summed E-state index contributed by atoms with van der Waals surface area (Å²) in [6.07, 6.45) is 2.43. The molecule has 1 aromatic heterocycles. The molecule has 0 unspecified atom stereocenters. The van der Waals surface area contributed by atoms with Crippen molar-refractivity contribution in [2.75, 3.05) is 19.7 Å². The predicted octanol–water partition coefficient (Wildman–Crippen LogP) is 1.66. The van der Waals surface area contributed by atoms with E-state index in [1.165, 1.54) is 0 Å². The van der Waals surface area contributed by atoms with Crippen LogP contribution < -0.4 is 5.56 Å². The highest BCUT2D eigenvalue weighted by atomic mass is 16.5. The summed E-state index contributed by atoms with van der Waals surface area (Å²) in [6.45, 7) is 3.33. The SMILES string of the molecule is C[C@@H]1CCCN(C(=O)COC(=O)CCc2nc3ccccc3c(=O)[nH]2)C1. The van der Waals surface area contributed by atoms with Crippen LogP contribution in [0.2, 0.25) is 0 Å². The molecule has 1 amide bonds. The number of aromatic nitrogens is 2. The molecule has 0 aliphatic carbocycles. The van der Waals surface area contributed by atoms with Gasteiger partial charge in [-0.2, -0.15) is 0 Å². The van der Waals surface area contributed by atoms with Crippen LogP contribution in [0, 0.1) is 5.92 Å². The second-order valence-corrected chi connectivity index (χ2v) is 6.78. The molecule has 1 N–H and O–H groups in total. The first kappa shape index (κ1) is 18.1. The number of benzene rings is 1. The van der Waals surface area contributed by atoms with Gasteiger partial charge in [0, 0.05) is 19.5 Å². The van der Waals surface area contributed by atoms with Crippen LogP contribution in [0.3, 0.4) is 0 Å². The van der Waals surface area contributed by atoms with Crippen molar-refractivity contribution in [3.05, 3.63) is 40.4 Å². The van der Waals surface area contributed by atoms with Crippen LogP contribution in [0.25, 0.3) is 10.9 Å². The van der Waals surface area contributed by atoms with Crippen LogP contribution in [0.5, 0.6) is 0 Å². The number of piperidine rings is 1. The van der Waals surface area contributed by atoms with E-state index in [1.54, 1.807) is 29.2 Å². The lowest BCUT2D eigenvalue weighted by molar-refractivity contribution is -0.152. The molecule has 7 heteroatoms. The summed E-state index contributed by atoms with van der Waals surface area (Å²) < 4.78 is 5.08. The largest absolute Gasteiger partial charge is 0.456 e. The second-order valence-electron chi connectivity index (χ2n) is 6.78. The van der Waals surface area contributed by atoms with E-state index < -0.39 is 5.97 Å². The van der Waals surface area contributed by atoms with Gasteiger partial charge in [-0.25, -0.2) is 4.98 Å². The lowest BCUT2D eigenvalue weighted by Gasteiger charge is -2.30. The van der Waals surface area contributed by atoms with Crippen molar-refractivity contribution in [1.29, 1.82) is 0 Å². The van der Waals surface area contributed by atoms with E-state index >= 15 is 0 Å². The van der Waals surface area contributed by atoms with Gasteiger partial charge in [0.2, 0.25) is 0 Å². The molecule has 1 aliphatic rings. The number of rotatable bonds is 5. The molecule has 2 aromatic rings. The molecular formula is C19H23N3O4. The number of hydrogen-bond donors (Lipinski definition) is 1. The minimum Gasteiger partial charge on any atom is -0.456 e. The summed E-state index contributed by atoms with van der Waals surface area (Å²) in [6, 6.07) is 7.03. The number of H-pyrrole nitrogens is 1. The van der Waals surface area contributed by atoms with E-state index in [0.717, 1.165) is 25.9 Å². The van der Waals surface area contributed by atoms with Gasteiger partial charge in [0.15, 0.2) is 6.61 Å². The predicted molar refractivity (Wildman–Crippen MR) is 96.6 cm³/mol. The molecule has 1 saturated heterocycles. The zero-order valence-corrected chi connectivity index (χ0v) is 14.9. The summed E-state index contributed by atoms with van der Waals surface area (Å²) in [5.41, 5.74) is 0.363. The smallest absolute Gasteiger partial charge is 0.306 e. The lowest BCUT2D eigenvalue weighted by Crippen LogP contribution is -2.41. The van der Waals surface area contributed by atoms with Crippen molar-refractivity contribution in [1.82, 2.24) is 14.9 Å². The molecule has 26 heavy (non-hydrogen) atoms. The van der Waals surface area contributed by atoms with Gasteiger partial charge in [0.25, 0.3) is 11.5 Å². The standard InChI is InChI=1S/C19H23N3O4/c1-13-5-4-10-22(11-13)17(23)12-26-18(24)9-8-16-20-15-7-3-2-6-14(15)19(25)21-16/h2-3,6-7,13H,4-5,8-12H2,1H3,(H,20,21,25)/t13-/m1/s1. The minimum atomic E-state index is -0.473. The van der Waals surface area contributed by atoms with Crippen molar-refractivity contribution < 1.29 is 14.3 Å². The quantitative estimate of drug-likeness (QED) is 0.822. The average Bonchev–Trinajstić information content (AvgIpc) is 2.64. The maximum atomic E-state index is 12.1. The van der Waals surface area contributed by atoms with E-state index in [4.69, 9.17) is 4.74 Å². The van der Waals surface area contributed by atoms with E-state index in [1.807, 2.05) is 0 Å². The number of carbonyl (C=O) groups excluding carboxylic acids is 2. The number of nitrogens with one attached hydrogen (secondary N) is 1. The topological polar surface area (TPSA) is 92.4 Å². The van der Waals surface area contributed by atoms with Crippen molar-refractivity contribution in [3.63, 3.8) is 0 Å². The Kier molecular flexibility index (Phi) is 5.65. The molecule has 0 spiro atoms. The number of esters is 1. The number of aryl methyl sites for hydroxylation is 1. The van der Waals surface area contributed by atoms with E-state index in [9.17, 15) is 14.4 Å². The minimum absolute atomic E-state index is 0.0605. The number of hydrogen-bond acceptors (Lipinski definition) is 5. The fraction of sp³-hybridized carbons (Fsp3) is 0.474. The Morgan fingerprint density at radius 2 is 2.15 bits per heavy atom. The Hall–Kier alpha value is -2.70. The molecule has 1 aliphatic heterocycles. The number of para-hydroxylation sites is 1. The van der Waals surface area contributed by atoms with Gasteiger partial charge in [-0.05, 0) is 30.9 Å². The van der Waals surface area contributed by atoms with E-state index in [-0.39, 0.29) is 30.9 Å². The first-order chi connectivity index (χ1) is 12.5. The van der Waals surface area contributed by atoms with Gasteiger partial charge in [-0.1, -0.05) is 19.1 Å². The van der Waals surface area contributed by atoms with Gasteiger partial charge >= 0.3 is 5.97 Å². The number of aromatic amines is 1. The van der Waals surface area contributed by atoms with Crippen molar-refractivity contribution in [3.8, 4) is 0 Å². The Morgan fingerprint density at radius 1 is 1.35 bits per heavy atom. The fourth-order valence-electron chi connectivity index (χ4n) is 3.20. The first-order valence-corrected chi connectivity index (χ1v) is 8.94. The van der Waals surface area contributed by atoms with Crippen LogP contribution in [0.4, 0.5) is 0 Å². The highest BCUT2D eigenvalue weighted by molar-refractivity contribution is 5.81. The lowest BCUT2D eigenvalue weighted by atomic mass is 10.0. The van der Waals surface area contributed by atoms with Gasteiger partial charge in [0.1, 0.15) is 5.82 Å². The van der Waals surface area contributed by atoms with E-state index in [2.05, 4.69) is 16.9 Å². The molecule has 0 bridgehead atoms. The monoisotopic (exact) mass is 357 g/mol. The van der Waals surface area contributed by atoms with Crippen molar-refractivity contribution in [2.24, 2.45) is 5.92 Å². The molecule has 0 radical (unpaired) electrons. The van der Waals surface area contributed by atoms with Crippen LogP contribution in [0.1, 0.15) is 32.0 Å². The van der Waals surface area contributed by atoms with Crippen LogP contribution in [-0.2, 0) is 20.7 Å². The summed E-state index contributed by atoms with van der Waals surface area (Å²) >= 11 is 0. The molecule has 1 aromatic carbocycles. The zero-order valence-electron chi connectivity index (χ0n) is 14.9. The molecule has 2 heterocycles. The van der Waals surface area contributed by atoms with Gasteiger partial charge in [-0.15, -0.1) is 0 Å². The number of fused-ring (bicyclic) bond motifs is 1. The molecule has 138 valence electrons. The maximum Gasteiger partial charge on any atom is 0.306 e. The van der Waals surface area contributed by atoms with Gasteiger partial charge in [-0.3, -0.25) is 14.4 Å². The average molecular weight is 357 g/mol. The third-order valence-corrected chi connectivity index (χ3v) is 4.59. The number of amides is 1. The Morgan fingerprint density at radius 3 is 2.96 bits per heavy atom. The normalized spacial score (nSPS) is 17.3. The Balaban J connectivity index is 1.50. The van der Waals surface area contributed by atoms with Crippen LogP contribution in [0.15, 0.2) is 29.1 Å². The van der Waals surface area contributed by atoms with E-state index in [0.29, 0.717) is 22.6 Å². The highest BCUT2D eigenvalue weighted by Crippen LogP contribution is 2.15. The number of carbonyl (C=O) groups is 2. The Bertz CT molecular complexity index is 861. The number of nitrogens with zero attached hydrogens (tertiary/aromatic N) is 2. The maximum absolute atomic E-state index is 12.1. The zero-order chi connectivity index (χ0) is 18.5. The molecule has 7 nitrogen and oxygen atoms in total. The van der Waals surface area contributed by atoms with Gasteiger partial charge in [0.05, 0.1) is 17.3 Å². The summed E-state index contributed by atoms with van der Waals surface area (Å²) in [4.78, 5) is 44.8. The molecule has 1 fully saturated rings. The van der Waals surface area contributed by atoms with Gasteiger partial charge < -0.3 is 14.6 Å². The summed E-state index contributed by atoms with van der Waals surface area (Å²) in [5.74, 6) is 0.294. The van der Waals surface area contributed by atoms with Crippen molar-refractivity contribution in [2.45, 2.75) is 32.6 Å². The molecule has 1 atom stereocenters. The molecule has 3 rings (SSSR count). The highest BCUT2D eigenvalue weighted by Gasteiger charge is 2.21. The molecular weight excluding hydrogens is 334 g/mol. The summed E-state index contributed by atoms with van der Waals surface area (Å²) in [7, 11) is 0. The first-order valence-electron chi connectivity index (χ1n) is 8.94. The second kappa shape index (κ2) is 8.12. The third kappa shape index (κ3) is 4.47. The van der Waals surface area contributed by atoms with Crippen LogP contribution >= 0.6 is 0 Å². The summed E-state index contributed by atoms with van der Waals surface area (Å²) in [5, 5.41) is 0.514. The number of likely N-dealkylation sites (tertiary alicyclic amines) is 1. The Labute approximate surface area is 151 Å². The third-order valence-electron chi connectivity index (χ3n) is 4.59.